The van der Waals surface area contributed by atoms with Crippen LogP contribution in [0, 0.1) is 24.7 Å². The van der Waals surface area contributed by atoms with Crippen LogP contribution in [0.5, 0.6) is 5.75 Å². The van der Waals surface area contributed by atoms with Gasteiger partial charge in [-0.2, -0.15) is 11.8 Å². The number of nitrogens with one attached hydrogen (secondary N) is 1. The van der Waals surface area contributed by atoms with Crippen molar-refractivity contribution in [2.24, 2.45) is 17.8 Å². The smallest absolute Gasteiger partial charge is 0.409 e. The number of thioether (sulfide) groups is 1. The summed E-state index contributed by atoms with van der Waals surface area (Å²) in [5.41, 5.74) is 0.261. The van der Waals surface area contributed by atoms with Gasteiger partial charge in [0.2, 0.25) is 5.91 Å². The third kappa shape index (κ3) is 17.5. The standard InChI is InChI=1S/C59H86N2O16S/c1-35-17-13-23-50(71-11)59(69)33-49(75-57(68)60-59)40(6)53-58(8,77-53)51(32-47(63)38(4)46-30-42(29-35)31-48(70-10)39(46)5)76-56(67)41(7)61(9)52(64)26-28-73-54(65)36(2)24-25-37(3)55(66)74-45-21-14-19-44(20-15-22-45)72-27-16-18-43(62)34-78-12/h13-14,17,21,23,30-31,36-38,40-41,44-45,49-51,53,69H,15-16,18-20,22,24-29,32-34H2,1-12H3,(H,60,68)/b21-14+,23-13+,35-17+/t36?,37?,38?,40-,41+,44?,45?,49+,50?,51+,53+,58+,59?/m1/s1. The van der Waals surface area contributed by atoms with Crippen LogP contribution in [-0.2, 0) is 68.3 Å². The number of amides is 2. The van der Waals surface area contributed by atoms with Crippen LogP contribution in [0.15, 0.2) is 48.1 Å². The second-order valence-corrected chi connectivity index (χ2v) is 22.8. The number of allylic oxidation sites excluding steroid dienone is 3. The molecule has 2 N–H and O–H groups in total. The number of fused-ring (bicyclic) bond motifs is 5. The molecule has 0 radical (unpaired) electrons. The lowest BCUT2D eigenvalue weighted by Crippen LogP contribution is -2.63. The highest BCUT2D eigenvalue weighted by molar-refractivity contribution is 7.99. The summed E-state index contributed by atoms with van der Waals surface area (Å²) in [5.74, 6) is -3.32. The predicted octanol–water partition coefficient (Wildman–Crippen LogP) is 8.00. The van der Waals surface area contributed by atoms with E-state index in [0.717, 1.165) is 35.1 Å². The van der Waals surface area contributed by atoms with Gasteiger partial charge in [-0.25, -0.2) is 9.59 Å². The zero-order valence-electron chi connectivity index (χ0n) is 47.9. The lowest BCUT2D eigenvalue weighted by Gasteiger charge is -2.42. The average Bonchev–Trinajstić information content (AvgIpc) is 4.23. The van der Waals surface area contributed by atoms with Gasteiger partial charge in [0.1, 0.15) is 60.0 Å². The molecule has 0 saturated carbocycles. The van der Waals surface area contributed by atoms with Crippen molar-refractivity contribution in [3.63, 3.8) is 0 Å². The summed E-state index contributed by atoms with van der Waals surface area (Å²) in [5, 5.41) is 14.4. The molecule has 0 aromatic heterocycles. The minimum atomic E-state index is -1.86. The van der Waals surface area contributed by atoms with Gasteiger partial charge in [0.25, 0.3) is 0 Å². The molecule has 2 heterocycles. The van der Waals surface area contributed by atoms with Gasteiger partial charge in [-0.05, 0) is 114 Å². The third-order valence-corrected chi connectivity index (χ3v) is 16.4. The van der Waals surface area contributed by atoms with Crippen LogP contribution in [0.1, 0.15) is 142 Å². The summed E-state index contributed by atoms with van der Waals surface area (Å²) in [7, 11) is 4.44. The quantitative estimate of drug-likeness (QED) is 0.0390. The number of benzene rings is 1. The molecule has 2 aliphatic carbocycles. The largest absolute Gasteiger partial charge is 0.496 e. The van der Waals surface area contributed by atoms with Gasteiger partial charge in [0.05, 0.1) is 43.3 Å². The Morgan fingerprint density at radius 3 is 2.36 bits per heavy atom. The normalized spacial score (nSPS) is 30.1. The Morgan fingerprint density at radius 1 is 0.949 bits per heavy atom. The first-order valence-electron chi connectivity index (χ1n) is 27.5. The van der Waals surface area contributed by atoms with Crippen LogP contribution in [0.3, 0.4) is 0 Å². The number of likely N-dealkylation sites (N-methyl/N-ethyl adjacent to an activating group) is 1. The number of Topliss-reactive ketones (excluding diaryl/α,β-unsaturated/α-hetero) is 2. The highest BCUT2D eigenvalue weighted by Gasteiger charge is 2.64. The summed E-state index contributed by atoms with van der Waals surface area (Å²) in [6.45, 7) is 14.4. The summed E-state index contributed by atoms with van der Waals surface area (Å²) < 4.78 is 47.1. The molecule has 1 aromatic carbocycles. The molecule has 18 nitrogen and oxygen atoms in total. The molecule has 434 valence electrons. The molecule has 7 unspecified atom stereocenters. The Balaban J connectivity index is 1.17. The van der Waals surface area contributed by atoms with E-state index in [2.05, 4.69) is 5.32 Å². The number of rotatable bonds is 21. The number of nitrogens with zero attached hydrogens (tertiary/aromatic N) is 1. The van der Waals surface area contributed by atoms with Crippen molar-refractivity contribution in [1.82, 2.24) is 10.2 Å². The molecular weight excluding hydrogens is 1020 g/mol. The maximum Gasteiger partial charge on any atom is 0.409 e. The van der Waals surface area contributed by atoms with E-state index in [-0.39, 0.29) is 55.6 Å². The molecule has 2 aliphatic heterocycles. The summed E-state index contributed by atoms with van der Waals surface area (Å²) in [6.07, 6.45) is 11.2. The molecule has 19 heteroatoms. The zero-order valence-corrected chi connectivity index (χ0v) is 48.7. The molecule has 1 aromatic rings. The number of esters is 3. The van der Waals surface area contributed by atoms with Crippen LogP contribution >= 0.6 is 11.8 Å². The highest BCUT2D eigenvalue weighted by atomic mass is 32.2. The van der Waals surface area contributed by atoms with E-state index in [9.17, 15) is 38.7 Å². The Labute approximate surface area is 465 Å². The summed E-state index contributed by atoms with van der Waals surface area (Å²) in [4.78, 5) is 94.3. The lowest BCUT2D eigenvalue weighted by atomic mass is 9.82. The van der Waals surface area contributed by atoms with Gasteiger partial charge in [-0.3, -0.25) is 29.3 Å². The Hall–Kier alpha value is -5.08. The van der Waals surface area contributed by atoms with Crippen LogP contribution in [0.25, 0.3) is 0 Å². The minimum absolute atomic E-state index is 0.0619. The van der Waals surface area contributed by atoms with Crippen molar-refractivity contribution in [2.45, 2.75) is 192 Å². The van der Waals surface area contributed by atoms with E-state index in [0.29, 0.717) is 63.1 Å². The number of aliphatic hydroxyl groups is 1. The van der Waals surface area contributed by atoms with Crippen LogP contribution in [0.4, 0.5) is 4.79 Å². The Morgan fingerprint density at radius 2 is 1.67 bits per heavy atom. The minimum Gasteiger partial charge on any atom is -0.496 e. The lowest BCUT2D eigenvalue weighted by molar-refractivity contribution is -0.162. The number of hydrogen-bond acceptors (Lipinski definition) is 17. The number of carbonyl (C=O) groups excluding carboxylic acids is 7. The number of alkyl carbamates (subject to hydrolysis) is 1. The molecule has 5 rings (SSSR count). The van der Waals surface area contributed by atoms with E-state index in [1.165, 1.54) is 37.7 Å². The van der Waals surface area contributed by atoms with E-state index in [1.807, 2.05) is 50.5 Å². The van der Waals surface area contributed by atoms with Crippen LogP contribution in [0.2, 0.25) is 0 Å². The van der Waals surface area contributed by atoms with Gasteiger partial charge in [0, 0.05) is 51.9 Å². The molecule has 0 spiro atoms. The molecule has 2 amide bonds. The predicted molar refractivity (Wildman–Crippen MR) is 294 cm³/mol. The van der Waals surface area contributed by atoms with Crippen molar-refractivity contribution in [1.29, 1.82) is 0 Å². The summed E-state index contributed by atoms with van der Waals surface area (Å²) in [6, 6.07) is 2.76. The average molecular weight is 1110 g/mol. The Bertz CT molecular complexity index is 2370. The van der Waals surface area contributed by atoms with Gasteiger partial charge in [0.15, 0.2) is 5.72 Å². The SMILES string of the molecule is COc1cc2cc(c1C)C(C)C(=O)C[C@H](OC(=O)[C@H](C)N(C)C(=O)CCOC(=O)C(C)CCC(C)C(=O)OC1/C=C/CC(OCCCC(=O)CSC)CCC1)[C@]1(C)O[C@H]1[C@H](C)[C@@H]1CC(O)(NC(=O)O1)C(OC)/C=C/C=C(\C)C2. The van der Waals surface area contributed by atoms with E-state index in [4.69, 9.17) is 37.9 Å². The molecule has 4 aliphatic rings. The second kappa shape index (κ2) is 29.4. The zero-order chi connectivity index (χ0) is 57.5. The maximum atomic E-state index is 14.5. The fourth-order valence-electron chi connectivity index (χ4n) is 10.4. The second-order valence-electron chi connectivity index (χ2n) is 22.0. The van der Waals surface area contributed by atoms with Crippen LogP contribution < -0.4 is 10.1 Å². The molecule has 2 fully saturated rings. The topological polar surface area (TPSA) is 232 Å². The molecule has 4 bridgehead atoms. The van der Waals surface area contributed by atoms with E-state index >= 15 is 0 Å². The fraction of sp³-hybridized carbons (Fsp3) is 0.678. The van der Waals surface area contributed by atoms with Gasteiger partial charge < -0.3 is 47.9 Å². The Kier molecular flexibility index (Phi) is 24.0. The van der Waals surface area contributed by atoms with E-state index in [1.54, 1.807) is 53.9 Å². The van der Waals surface area contributed by atoms with E-state index < -0.39 is 89.4 Å². The van der Waals surface area contributed by atoms with Crippen molar-refractivity contribution >= 4 is 53.2 Å². The first kappa shape index (κ1) is 63.7. The van der Waals surface area contributed by atoms with Crippen molar-refractivity contribution in [3.8, 4) is 5.75 Å². The number of methoxy groups -OCH3 is 2. The monoisotopic (exact) mass is 1110 g/mol. The molecule has 78 heavy (non-hydrogen) atoms. The first-order chi connectivity index (χ1) is 36.9. The summed E-state index contributed by atoms with van der Waals surface area (Å²) >= 11 is 1.53. The van der Waals surface area contributed by atoms with Crippen LogP contribution in [-0.4, -0.2) is 152 Å². The third-order valence-electron chi connectivity index (χ3n) is 15.8. The number of epoxide rings is 1. The van der Waals surface area contributed by atoms with Crippen molar-refractivity contribution in [3.05, 3.63) is 64.8 Å². The number of carbonyl (C=O) groups is 7. The first-order valence-corrected chi connectivity index (χ1v) is 28.9. The van der Waals surface area contributed by atoms with Crippen molar-refractivity contribution < 1.29 is 76.6 Å². The van der Waals surface area contributed by atoms with Gasteiger partial charge in [-0.15, -0.1) is 0 Å². The van der Waals surface area contributed by atoms with Gasteiger partial charge in [-0.1, -0.05) is 63.6 Å². The maximum absolute atomic E-state index is 14.5. The number of ether oxygens (including phenoxy) is 8. The molecule has 2 saturated heterocycles. The van der Waals surface area contributed by atoms with Gasteiger partial charge >= 0.3 is 24.0 Å². The molecular formula is C59H86N2O16S. The molecule has 13 atom stereocenters. The number of ketones is 2. The highest BCUT2D eigenvalue weighted by Crippen LogP contribution is 2.49. The fourth-order valence-corrected chi connectivity index (χ4v) is 10.9. The number of hydrogen-bond donors (Lipinski definition) is 2. The van der Waals surface area contributed by atoms with Crippen molar-refractivity contribution in [2.75, 3.05) is 46.5 Å².